The number of nitrogens with zero attached hydrogens (tertiary/aromatic N) is 1. The van der Waals surface area contributed by atoms with Gasteiger partial charge in [0.15, 0.2) is 0 Å². The Balaban J connectivity index is 1.38. The van der Waals surface area contributed by atoms with E-state index >= 15 is 0 Å². The number of thioether (sulfide) groups is 1. The van der Waals surface area contributed by atoms with Crippen molar-refractivity contribution in [2.75, 3.05) is 20.2 Å². The molecule has 3 amide bonds. The molecule has 1 heterocycles. The molecule has 0 saturated carbocycles. The van der Waals surface area contributed by atoms with Crippen LogP contribution in [-0.4, -0.2) is 47.4 Å². The second-order valence-electron chi connectivity index (χ2n) is 6.88. The topological polar surface area (TPSA) is 75.7 Å². The quantitative estimate of drug-likeness (QED) is 0.685. The summed E-state index contributed by atoms with van der Waals surface area (Å²) < 4.78 is 5.72. The van der Waals surface area contributed by atoms with E-state index < -0.39 is 0 Å². The van der Waals surface area contributed by atoms with Gasteiger partial charge in [0.1, 0.15) is 12.4 Å². The number of rotatable bonds is 9. The molecule has 1 N–H and O–H groups in total. The van der Waals surface area contributed by atoms with Crippen LogP contribution in [-0.2, 0) is 22.4 Å². The number of carbonyl (C=O) groups excluding carboxylic acids is 3. The summed E-state index contributed by atoms with van der Waals surface area (Å²) in [6.45, 7) is 0.915. The van der Waals surface area contributed by atoms with Crippen molar-refractivity contribution >= 4 is 28.8 Å². The summed E-state index contributed by atoms with van der Waals surface area (Å²) in [6.07, 6.45) is 1.71. The number of ether oxygens (including phenoxy) is 1. The van der Waals surface area contributed by atoms with Crippen molar-refractivity contribution < 1.29 is 19.1 Å². The van der Waals surface area contributed by atoms with Crippen molar-refractivity contribution in [3.8, 4) is 5.75 Å². The van der Waals surface area contributed by atoms with Gasteiger partial charge in [-0.2, -0.15) is 0 Å². The van der Waals surface area contributed by atoms with Gasteiger partial charge in [0.25, 0.3) is 5.24 Å². The Morgan fingerprint density at radius 1 is 1.07 bits per heavy atom. The molecule has 0 aliphatic carbocycles. The number of likely N-dealkylation sites (N-methyl/N-ethyl adjacent to an activating group) is 1. The van der Waals surface area contributed by atoms with Gasteiger partial charge in [0.2, 0.25) is 11.8 Å². The largest absolute Gasteiger partial charge is 0.492 e. The molecule has 29 heavy (non-hydrogen) atoms. The molecule has 6 nitrogen and oxygen atoms in total. The van der Waals surface area contributed by atoms with E-state index in [9.17, 15) is 14.4 Å². The van der Waals surface area contributed by atoms with E-state index in [0.29, 0.717) is 31.7 Å². The van der Waals surface area contributed by atoms with E-state index in [4.69, 9.17) is 4.74 Å². The number of imide groups is 1. The fourth-order valence-corrected chi connectivity index (χ4v) is 3.84. The molecule has 7 heteroatoms. The first kappa shape index (κ1) is 20.9. The highest BCUT2D eigenvalue weighted by molar-refractivity contribution is 8.15. The van der Waals surface area contributed by atoms with Crippen LogP contribution in [0.15, 0.2) is 54.6 Å². The number of nitrogens with one attached hydrogen (secondary N) is 1. The van der Waals surface area contributed by atoms with Crippen LogP contribution >= 0.6 is 11.8 Å². The fourth-order valence-electron chi connectivity index (χ4n) is 2.98. The van der Waals surface area contributed by atoms with Crippen LogP contribution in [0.5, 0.6) is 5.75 Å². The number of amides is 3. The van der Waals surface area contributed by atoms with Crippen LogP contribution in [0.4, 0.5) is 4.79 Å². The van der Waals surface area contributed by atoms with E-state index in [1.54, 1.807) is 11.9 Å². The van der Waals surface area contributed by atoms with Crippen LogP contribution in [0.2, 0.25) is 0 Å². The summed E-state index contributed by atoms with van der Waals surface area (Å²) >= 11 is 1.03. The van der Waals surface area contributed by atoms with Crippen LogP contribution in [0, 0.1) is 0 Å². The van der Waals surface area contributed by atoms with Gasteiger partial charge in [-0.1, -0.05) is 54.2 Å². The molecule has 0 radical (unpaired) electrons. The molecular weight excluding hydrogens is 388 g/mol. The van der Waals surface area contributed by atoms with Crippen LogP contribution in [0.25, 0.3) is 0 Å². The van der Waals surface area contributed by atoms with E-state index in [1.165, 1.54) is 0 Å². The lowest BCUT2D eigenvalue weighted by molar-refractivity contribution is -0.130. The summed E-state index contributed by atoms with van der Waals surface area (Å²) in [5.74, 6) is 0.563. The molecular formula is C22H24N2O4S. The van der Waals surface area contributed by atoms with Crippen LogP contribution in [0.3, 0.4) is 0 Å². The van der Waals surface area contributed by atoms with Gasteiger partial charge in [-0.05, 0) is 36.1 Å². The van der Waals surface area contributed by atoms with E-state index in [2.05, 4.69) is 5.32 Å². The maximum atomic E-state index is 12.2. The number of hydrogen-bond acceptors (Lipinski definition) is 5. The van der Waals surface area contributed by atoms with Crippen molar-refractivity contribution in [1.82, 2.24) is 10.2 Å². The van der Waals surface area contributed by atoms with Gasteiger partial charge in [0, 0.05) is 13.5 Å². The second kappa shape index (κ2) is 10.1. The molecule has 1 saturated heterocycles. The number of aryl methyl sites for hydroxylation is 1. The molecule has 0 bridgehead atoms. The average Bonchev–Trinajstić information content (AvgIpc) is 3.04. The minimum atomic E-state index is -0.371. The second-order valence-corrected chi connectivity index (χ2v) is 8.06. The Hall–Kier alpha value is -2.80. The summed E-state index contributed by atoms with van der Waals surface area (Å²) in [7, 11) is 1.78. The van der Waals surface area contributed by atoms with Gasteiger partial charge in [-0.15, -0.1) is 0 Å². The molecule has 2 aromatic rings. The summed E-state index contributed by atoms with van der Waals surface area (Å²) in [5, 5.41) is 1.63. The molecule has 1 aliphatic rings. The SMILES string of the molecule is CN(CCOc1ccc(CC2SC(=O)NC2=O)cc1)C(=O)CCc1ccccc1. The monoisotopic (exact) mass is 412 g/mol. The molecule has 0 spiro atoms. The highest BCUT2D eigenvalue weighted by Crippen LogP contribution is 2.23. The first-order valence-corrected chi connectivity index (χ1v) is 10.4. The predicted octanol–water partition coefficient (Wildman–Crippen LogP) is 3.05. The zero-order valence-corrected chi connectivity index (χ0v) is 17.1. The standard InChI is InChI=1S/C22H24N2O4S/c1-24(20(25)12-9-16-5-3-2-4-6-16)13-14-28-18-10-7-17(8-11-18)15-19-21(26)23-22(27)29-19/h2-8,10-11,19H,9,12-15H2,1H3,(H,23,26,27). The van der Waals surface area contributed by atoms with Gasteiger partial charge in [-0.25, -0.2) is 0 Å². The molecule has 1 fully saturated rings. The van der Waals surface area contributed by atoms with Crippen LogP contribution in [0.1, 0.15) is 17.5 Å². The molecule has 2 aromatic carbocycles. The number of hydrogen-bond donors (Lipinski definition) is 1. The lowest BCUT2D eigenvalue weighted by atomic mass is 10.1. The minimum Gasteiger partial charge on any atom is -0.492 e. The maximum Gasteiger partial charge on any atom is 0.286 e. The molecule has 3 rings (SSSR count). The smallest absolute Gasteiger partial charge is 0.286 e. The van der Waals surface area contributed by atoms with Gasteiger partial charge in [0.05, 0.1) is 11.8 Å². The third-order valence-electron chi connectivity index (χ3n) is 4.70. The fraction of sp³-hybridized carbons (Fsp3) is 0.318. The van der Waals surface area contributed by atoms with E-state index in [1.807, 2.05) is 54.6 Å². The Morgan fingerprint density at radius 3 is 2.45 bits per heavy atom. The Kier molecular flexibility index (Phi) is 7.30. The third-order valence-corrected chi connectivity index (χ3v) is 5.68. The van der Waals surface area contributed by atoms with Crippen molar-refractivity contribution in [2.24, 2.45) is 0 Å². The molecule has 1 atom stereocenters. The Bertz CT molecular complexity index is 855. The third kappa shape index (κ3) is 6.35. The summed E-state index contributed by atoms with van der Waals surface area (Å²) in [5.41, 5.74) is 2.12. The van der Waals surface area contributed by atoms with Gasteiger partial charge in [-0.3, -0.25) is 19.7 Å². The molecule has 152 valence electrons. The molecule has 1 unspecified atom stereocenters. The summed E-state index contributed by atoms with van der Waals surface area (Å²) in [6, 6.07) is 17.4. The van der Waals surface area contributed by atoms with Gasteiger partial charge >= 0.3 is 0 Å². The Morgan fingerprint density at radius 2 is 1.79 bits per heavy atom. The molecule has 1 aliphatic heterocycles. The highest BCUT2D eigenvalue weighted by atomic mass is 32.2. The van der Waals surface area contributed by atoms with E-state index in [0.717, 1.165) is 29.3 Å². The predicted molar refractivity (Wildman–Crippen MR) is 113 cm³/mol. The normalized spacial score (nSPS) is 15.8. The van der Waals surface area contributed by atoms with Crippen LogP contribution < -0.4 is 10.1 Å². The minimum absolute atomic E-state index is 0.0923. The lowest BCUT2D eigenvalue weighted by Crippen LogP contribution is -2.31. The average molecular weight is 413 g/mol. The zero-order valence-electron chi connectivity index (χ0n) is 16.3. The van der Waals surface area contributed by atoms with Crippen molar-refractivity contribution in [3.63, 3.8) is 0 Å². The number of carbonyl (C=O) groups is 3. The van der Waals surface area contributed by atoms with Gasteiger partial charge < -0.3 is 9.64 Å². The maximum absolute atomic E-state index is 12.2. The van der Waals surface area contributed by atoms with Crippen molar-refractivity contribution in [1.29, 1.82) is 0 Å². The van der Waals surface area contributed by atoms with Crippen molar-refractivity contribution in [3.05, 3.63) is 65.7 Å². The molecule has 0 aromatic heterocycles. The zero-order chi connectivity index (χ0) is 20.6. The highest BCUT2D eigenvalue weighted by Gasteiger charge is 2.31. The first-order chi connectivity index (χ1) is 14.0. The summed E-state index contributed by atoms with van der Waals surface area (Å²) in [4.78, 5) is 36.8. The number of benzene rings is 2. The Labute approximate surface area is 174 Å². The lowest BCUT2D eigenvalue weighted by Gasteiger charge is -2.17. The van der Waals surface area contributed by atoms with E-state index in [-0.39, 0.29) is 22.3 Å². The first-order valence-electron chi connectivity index (χ1n) is 9.52. The van der Waals surface area contributed by atoms with Crippen molar-refractivity contribution in [2.45, 2.75) is 24.5 Å².